The molecule has 2 N–H and O–H groups in total. The van der Waals surface area contributed by atoms with Crippen LogP contribution in [0, 0.1) is 5.82 Å². The summed E-state index contributed by atoms with van der Waals surface area (Å²) in [5.41, 5.74) is 3.29. The lowest BCUT2D eigenvalue weighted by molar-refractivity contribution is -0.0390. The van der Waals surface area contributed by atoms with Crippen molar-refractivity contribution in [1.29, 1.82) is 0 Å². The summed E-state index contributed by atoms with van der Waals surface area (Å²) in [6.45, 7) is 6.34. The molecule has 1 aliphatic heterocycles. The number of guanidine groups is 1. The van der Waals surface area contributed by atoms with E-state index in [4.69, 9.17) is 9.47 Å². The number of ether oxygens (including phenoxy) is 2. The van der Waals surface area contributed by atoms with E-state index < -0.39 is 0 Å². The Labute approximate surface area is 178 Å². The van der Waals surface area contributed by atoms with Crippen molar-refractivity contribution >= 4 is 5.96 Å². The topological polar surface area (TPSA) is 54.9 Å². The molecular formula is C24H32FN3O2. The first-order valence-electron chi connectivity index (χ1n) is 10.8. The molecule has 1 fully saturated rings. The van der Waals surface area contributed by atoms with Crippen molar-refractivity contribution in [3.63, 3.8) is 0 Å². The van der Waals surface area contributed by atoms with Crippen molar-refractivity contribution in [1.82, 2.24) is 10.6 Å². The average Bonchev–Trinajstić information content (AvgIpc) is 2.77. The van der Waals surface area contributed by atoms with Crippen LogP contribution in [0.25, 0.3) is 0 Å². The molecule has 0 atom stereocenters. The lowest BCUT2D eigenvalue weighted by Gasteiger charge is -2.22. The number of benzene rings is 2. The van der Waals surface area contributed by atoms with Crippen LogP contribution in [0.15, 0.2) is 53.5 Å². The summed E-state index contributed by atoms with van der Waals surface area (Å²) in [5, 5.41) is 6.57. The molecule has 0 amide bonds. The Hall–Kier alpha value is -2.44. The molecule has 0 aromatic heterocycles. The van der Waals surface area contributed by atoms with Crippen LogP contribution in [0.4, 0.5) is 4.39 Å². The molecule has 3 rings (SSSR count). The summed E-state index contributed by atoms with van der Waals surface area (Å²) in [5.74, 6) is 0.565. The first kappa shape index (κ1) is 22.2. The standard InChI is InChI=1S/C24H32FN3O2/c1-2-26-24(27-13-10-19-4-3-5-22(25)16-19)28-17-20-6-8-21(9-7-20)18-30-23-11-14-29-15-12-23/h3-9,16,23H,2,10-15,17-18H2,1H3,(H2,26,27,28). The molecule has 162 valence electrons. The zero-order chi connectivity index (χ0) is 21.0. The maximum Gasteiger partial charge on any atom is 0.191 e. The Morgan fingerprint density at radius 2 is 1.83 bits per heavy atom. The van der Waals surface area contributed by atoms with E-state index in [0.717, 1.165) is 56.1 Å². The predicted octanol–water partition coefficient (Wildman–Crippen LogP) is 3.82. The highest BCUT2D eigenvalue weighted by molar-refractivity contribution is 5.79. The third kappa shape index (κ3) is 7.76. The van der Waals surface area contributed by atoms with E-state index in [-0.39, 0.29) is 5.82 Å². The van der Waals surface area contributed by atoms with Gasteiger partial charge in [0.05, 0.1) is 19.3 Å². The minimum absolute atomic E-state index is 0.199. The maximum atomic E-state index is 13.3. The van der Waals surface area contributed by atoms with Crippen LogP contribution in [-0.2, 0) is 29.0 Å². The van der Waals surface area contributed by atoms with E-state index in [1.807, 2.05) is 13.0 Å². The molecule has 0 saturated carbocycles. The summed E-state index contributed by atoms with van der Waals surface area (Å²) in [4.78, 5) is 4.66. The van der Waals surface area contributed by atoms with Crippen LogP contribution < -0.4 is 10.6 Å². The molecule has 2 aromatic carbocycles. The molecule has 1 saturated heterocycles. The highest BCUT2D eigenvalue weighted by Gasteiger charge is 2.13. The lowest BCUT2D eigenvalue weighted by Crippen LogP contribution is -2.38. The van der Waals surface area contributed by atoms with E-state index in [1.165, 1.54) is 11.6 Å². The fraction of sp³-hybridized carbons (Fsp3) is 0.458. The van der Waals surface area contributed by atoms with Crippen molar-refractivity contribution in [2.45, 2.75) is 45.4 Å². The molecule has 0 bridgehead atoms. The number of hydrogen-bond acceptors (Lipinski definition) is 3. The number of nitrogens with one attached hydrogen (secondary N) is 2. The van der Waals surface area contributed by atoms with Gasteiger partial charge < -0.3 is 20.1 Å². The molecule has 6 heteroatoms. The van der Waals surface area contributed by atoms with Gasteiger partial charge in [-0.2, -0.15) is 0 Å². The van der Waals surface area contributed by atoms with E-state index in [9.17, 15) is 4.39 Å². The van der Waals surface area contributed by atoms with Gasteiger partial charge >= 0.3 is 0 Å². The smallest absolute Gasteiger partial charge is 0.191 e. The number of rotatable bonds is 9. The van der Waals surface area contributed by atoms with Gasteiger partial charge in [0.1, 0.15) is 5.82 Å². The largest absolute Gasteiger partial charge is 0.381 e. The third-order valence-corrected chi connectivity index (χ3v) is 5.04. The van der Waals surface area contributed by atoms with Gasteiger partial charge in [-0.3, -0.25) is 0 Å². The van der Waals surface area contributed by atoms with E-state index in [0.29, 0.717) is 25.8 Å². The monoisotopic (exact) mass is 413 g/mol. The van der Waals surface area contributed by atoms with Crippen molar-refractivity contribution in [3.8, 4) is 0 Å². The van der Waals surface area contributed by atoms with Crippen molar-refractivity contribution in [3.05, 3.63) is 71.0 Å². The highest BCUT2D eigenvalue weighted by atomic mass is 19.1. The Bertz CT molecular complexity index is 789. The van der Waals surface area contributed by atoms with Gasteiger partial charge in [-0.15, -0.1) is 0 Å². The molecule has 0 unspecified atom stereocenters. The second-order valence-corrected chi connectivity index (χ2v) is 7.44. The minimum Gasteiger partial charge on any atom is -0.381 e. The summed E-state index contributed by atoms with van der Waals surface area (Å²) in [6.07, 6.45) is 3.01. The first-order chi connectivity index (χ1) is 14.7. The summed E-state index contributed by atoms with van der Waals surface area (Å²) >= 11 is 0. The molecule has 0 spiro atoms. The Morgan fingerprint density at radius 1 is 1.07 bits per heavy atom. The van der Waals surface area contributed by atoms with Crippen molar-refractivity contribution < 1.29 is 13.9 Å². The quantitative estimate of drug-likeness (QED) is 0.485. The first-order valence-corrected chi connectivity index (χ1v) is 10.8. The van der Waals surface area contributed by atoms with Gasteiger partial charge in [0.15, 0.2) is 5.96 Å². The number of hydrogen-bond donors (Lipinski definition) is 2. The average molecular weight is 414 g/mol. The van der Waals surface area contributed by atoms with Crippen molar-refractivity contribution in [2.24, 2.45) is 4.99 Å². The molecule has 5 nitrogen and oxygen atoms in total. The summed E-state index contributed by atoms with van der Waals surface area (Å²) in [7, 11) is 0. The van der Waals surface area contributed by atoms with Crippen LogP contribution in [-0.4, -0.2) is 38.4 Å². The Morgan fingerprint density at radius 3 is 2.57 bits per heavy atom. The molecule has 2 aromatic rings. The summed E-state index contributed by atoms with van der Waals surface area (Å²) < 4.78 is 24.6. The van der Waals surface area contributed by atoms with E-state index in [1.54, 1.807) is 12.1 Å². The van der Waals surface area contributed by atoms with Gasteiger partial charge in [0, 0.05) is 26.3 Å². The number of halogens is 1. The minimum atomic E-state index is -0.199. The summed E-state index contributed by atoms with van der Waals surface area (Å²) in [6, 6.07) is 15.1. The fourth-order valence-electron chi connectivity index (χ4n) is 3.33. The Kier molecular flexibility index (Phi) is 9.12. The van der Waals surface area contributed by atoms with Gasteiger partial charge in [-0.1, -0.05) is 36.4 Å². The van der Waals surface area contributed by atoms with Gasteiger partial charge in [0.2, 0.25) is 0 Å². The fourth-order valence-corrected chi connectivity index (χ4v) is 3.33. The van der Waals surface area contributed by atoms with Crippen molar-refractivity contribution in [2.75, 3.05) is 26.3 Å². The zero-order valence-corrected chi connectivity index (χ0v) is 17.7. The highest BCUT2D eigenvalue weighted by Crippen LogP contribution is 2.14. The second kappa shape index (κ2) is 12.3. The van der Waals surface area contributed by atoms with E-state index >= 15 is 0 Å². The second-order valence-electron chi connectivity index (χ2n) is 7.44. The Balaban J connectivity index is 1.45. The molecule has 30 heavy (non-hydrogen) atoms. The predicted molar refractivity (Wildman–Crippen MR) is 118 cm³/mol. The van der Waals surface area contributed by atoms with Crippen LogP contribution in [0.3, 0.4) is 0 Å². The van der Waals surface area contributed by atoms with Crippen LogP contribution in [0.1, 0.15) is 36.5 Å². The van der Waals surface area contributed by atoms with Gasteiger partial charge in [0.25, 0.3) is 0 Å². The van der Waals surface area contributed by atoms with Crippen LogP contribution >= 0.6 is 0 Å². The number of nitrogens with zero attached hydrogens (tertiary/aromatic N) is 1. The van der Waals surface area contributed by atoms with Crippen LogP contribution in [0.2, 0.25) is 0 Å². The maximum absolute atomic E-state index is 13.3. The SMILES string of the molecule is CCNC(=NCc1ccc(COC2CCOCC2)cc1)NCCc1cccc(F)c1. The molecule has 1 heterocycles. The van der Waals surface area contributed by atoms with Gasteiger partial charge in [-0.25, -0.2) is 9.38 Å². The third-order valence-electron chi connectivity index (χ3n) is 5.04. The lowest BCUT2D eigenvalue weighted by atomic mass is 10.1. The van der Waals surface area contributed by atoms with E-state index in [2.05, 4.69) is 39.9 Å². The molecule has 1 aliphatic rings. The molecule has 0 aliphatic carbocycles. The number of aliphatic imine (C=N–C) groups is 1. The van der Waals surface area contributed by atoms with Crippen LogP contribution in [0.5, 0.6) is 0 Å². The molecule has 0 radical (unpaired) electrons. The molecular weight excluding hydrogens is 381 g/mol. The normalized spacial score (nSPS) is 15.2. The zero-order valence-electron chi connectivity index (χ0n) is 17.7. The van der Waals surface area contributed by atoms with Gasteiger partial charge in [-0.05, 0) is 55.0 Å².